The molecule has 0 atom stereocenters. The SMILES string of the molecule is CCCCCCCCCCCCCCCCCCc1nc2c(S(=O)(=O)O)c(S(=O)(=O)O)ccc2n1Cc1ccccc1. The van der Waals surface area contributed by atoms with Crippen molar-refractivity contribution >= 4 is 31.3 Å². The third kappa shape index (κ3) is 10.8. The van der Waals surface area contributed by atoms with Crippen LogP contribution >= 0.6 is 0 Å². The van der Waals surface area contributed by atoms with Crippen LogP contribution in [0.3, 0.4) is 0 Å². The lowest BCUT2D eigenvalue weighted by Crippen LogP contribution is -2.09. The zero-order valence-electron chi connectivity index (χ0n) is 25.0. The van der Waals surface area contributed by atoms with Gasteiger partial charge in [0.05, 0.1) is 5.52 Å². The van der Waals surface area contributed by atoms with Crippen LogP contribution in [-0.4, -0.2) is 35.5 Å². The summed E-state index contributed by atoms with van der Waals surface area (Å²) in [4.78, 5) is 2.74. The molecule has 0 fully saturated rings. The minimum atomic E-state index is -4.99. The van der Waals surface area contributed by atoms with Crippen LogP contribution in [0, 0.1) is 0 Å². The first-order chi connectivity index (χ1) is 20.1. The van der Waals surface area contributed by atoms with Crippen LogP contribution in [-0.2, 0) is 33.2 Å². The Balaban J connectivity index is 1.54. The van der Waals surface area contributed by atoms with Crippen LogP contribution in [0.4, 0.5) is 0 Å². The molecular weight excluding hydrogens is 572 g/mol. The highest BCUT2D eigenvalue weighted by molar-refractivity contribution is 7.89. The number of aryl methyl sites for hydroxylation is 1. The Morgan fingerprint density at radius 2 is 1.14 bits per heavy atom. The van der Waals surface area contributed by atoms with Gasteiger partial charge in [0.15, 0.2) is 0 Å². The van der Waals surface area contributed by atoms with Gasteiger partial charge in [-0.2, -0.15) is 16.8 Å². The highest BCUT2D eigenvalue weighted by Crippen LogP contribution is 2.31. The van der Waals surface area contributed by atoms with E-state index in [4.69, 9.17) is 0 Å². The molecule has 234 valence electrons. The van der Waals surface area contributed by atoms with Crippen molar-refractivity contribution in [2.45, 2.75) is 132 Å². The first kappa shape index (κ1) is 34.2. The van der Waals surface area contributed by atoms with Crippen molar-refractivity contribution in [1.29, 1.82) is 0 Å². The van der Waals surface area contributed by atoms with Crippen LogP contribution in [0.15, 0.2) is 52.3 Å². The molecule has 1 heterocycles. The molecule has 0 amide bonds. The van der Waals surface area contributed by atoms with Crippen molar-refractivity contribution in [3.8, 4) is 0 Å². The average Bonchev–Trinajstić information content (AvgIpc) is 3.28. The maximum atomic E-state index is 12.2. The van der Waals surface area contributed by atoms with Gasteiger partial charge >= 0.3 is 0 Å². The molecule has 8 nitrogen and oxygen atoms in total. The zero-order valence-corrected chi connectivity index (χ0v) is 26.6. The first-order valence-electron chi connectivity index (χ1n) is 15.6. The van der Waals surface area contributed by atoms with Crippen molar-refractivity contribution in [1.82, 2.24) is 9.55 Å². The Morgan fingerprint density at radius 3 is 1.62 bits per heavy atom. The van der Waals surface area contributed by atoms with Crippen molar-refractivity contribution in [2.24, 2.45) is 0 Å². The molecule has 3 rings (SSSR count). The molecule has 2 aromatic carbocycles. The average molecular weight is 621 g/mol. The minimum Gasteiger partial charge on any atom is -0.323 e. The Morgan fingerprint density at radius 1 is 0.643 bits per heavy atom. The van der Waals surface area contributed by atoms with E-state index in [1.165, 1.54) is 89.5 Å². The van der Waals surface area contributed by atoms with E-state index in [9.17, 15) is 25.9 Å². The van der Waals surface area contributed by atoms with Gasteiger partial charge in [0.2, 0.25) is 0 Å². The molecule has 0 radical (unpaired) electrons. The maximum Gasteiger partial charge on any atom is 0.298 e. The lowest BCUT2D eigenvalue weighted by Gasteiger charge is -2.10. The molecule has 42 heavy (non-hydrogen) atoms. The fourth-order valence-corrected chi connectivity index (χ4v) is 7.53. The number of aromatic nitrogens is 2. The molecule has 0 aliphatic rings. The number of unbranched alkanes of at least 4 members (excludes halogenated alkanes) is 15. The summed E-state index contributed by atoms with van der Waals surface area (Å²) in [5.74, 6) is 0.608. The van der Waals surface area contributed by atoms with Gasteiger partial charge in [-0.1, -0.05) is 134 Å². The second-order valence-corrected chi connectivity index (χ2v) is 14.1. The summed E-state index contributed by atoms with van der Waals surface area (Å²) in [6, 6.07) is 12.0. The van der Waals surface area contributed by atoms with Crippen LogP contribution in [0.2, 0.25) is 0 Å². The van der Waals surface area contributed by atoms with Crippen LogP contribution < -0.4 is 0 Å². The summed E-state index contributed by atoms with van der Waals surface area (Å²) in [5, 5.41) is 0. The van der Waals surface area contributed by atoms with Gasteiger partial charge in [-0.25, -0.2) is 4.98 Å². The third-order valence-corrected chi connectivity index (χ3v) is 9.85. The van der Waals surface area contributed by atoms with E-state index in [1.54, 1.807) is 0 Å². The Bertz CT molecular complexity index is 1450. The molecule has 10 heteroatoms. The number of benzene rings is 2. The Kier molecular flexibility index (Phi) is 14.0. The smallest absolute Gasteiger partial charge is 0.298 e. The molecule has 0 saturated carbocycles. The topological polar surface area (TPSA) is 127 Å². The molecule has 3 aromatic rings. The minimum absolute atomic E-state index is 0.157. The molecule has 1 aromatic heterocycles. The Hall–Kier alpha value is -2.27. The van der Waals surface area contributed by atoms with Crippen LogP contribution in [0.5, 0.6) is 0 Å². The number of rotatable bonds is 21. The standard InChI is InChI=1S/C32H48N2O6S2/c1-2-3-4-5-6-7-8-9-10-11-12-13-14-15-16-20-23-30-33-31-28(34(30)26-27-21-18-17-19-22-27)24-25-29(41(35,36)37)32(31)42(38,39)40/h17-19,21-22,24-25H,2-16,20,23,26H2,1H3,(H,35,36,37)(H,38,39,40). The largest absolute Gasteiger partial charge is 0.323 e. The third-order valence-electron chi connectivity index (χ3n) is 7.89. The monoisotopic (exact) mass is 620 g/mol. The van der Waals surface area contributed by atoms with Crippen molar-refractivity contribution in [3.63, 3.8) is 0 Å². The van der Waals surface area contributed by atoms with E-state index in [0.717, 1.165) is 30.9 Å². The number of hydrogen-bond donors (Lipinski definition) is 2. The lowest BCUT2D eigenvalue weighted by atomic mass is 10.0. The zero-order chi connectivity index (χ0) is 30.4. The second-order valence-electron chi connectivity index (χ2n) is 11.4. The second kappa shape index (κ2) is 17.1. The molecule has 0 aliphatic heterocycles. The molecular formula is C32H48N2O6S2. The van der Waals surface area contributed by atoms with Crippen molar-refractivity contribution < 1.29 is 25.9 Å². The van der Waals surface area contributed by atoms with Gasteiger partial charge in [0.1, 0.15) is 21.1 Å². The van der Waals surface area contributed by atoms with Gasteiger partial charge in [0.25, 0.3) is 20.2 Å². The number of nitrogens with zero attached hydrogens (tertiary/aromatic N) is 2. The summed E-state index contributed by atoms with van der Waals surface area (Å²) in [6.07, 6.45) is 20.8. The quantitative estimate of drug-likeness (QED) is 0.0904. The number of imidazole rings is 1. The van der Waals surface area contributed by atoms with Crippen molar-refractivity contribution in [3.05, 3.63) is 53.9 Å². The number of hydrogen-bond acceptors (Lipinski definition) is 5. The molecule has 0 saturated heterocycles. The van der Waals surface area contributed by atoms with E-state index in [1.807, 2.05) is 34.9 Å². The van der Waals surface area contributed by atoms with E-state index >= 15 is 0 Å². The van der Waals surface area contributed by atoms with Gasteiger partial charge in [-0.15, -0.1) is 0 Å². The summed E-state index contributed by atoms with van der Waals surface area (Å²) < 4.78 is 69.7. The highest BCUT2D eigenvalue weighted by Gasteiger charge is 2.29. The predicted molar refractivity (Wildman–Crippen MR) is 168 cm³/mol. The van der Waals surface area contributed by atoms with Crippen LogP contribution in [0.1, 0.15) is 121 Å². The molecule has 0 bridgehead atoms. The molecule has 0 aliphatic carbocycles. The van der Waals surface area contributed by atoms with Gasteiger partial charge in [-0.05, 0) is 24.1 Å². The first-order valence-corrected chi connectivity index (χ1v) is 18.5. The van der Waals surface area contributed by atoms with E-state index in [-0.39, 0.29) is 5.52 Å². The summed E-state index contributed by atoms with van der Waals surface area (Å²) in [5.41, 5.74) is 1.19. The van der Waals surface area contributed by atoms with E-state index in [0.29, 0.717) is 24.3 Å². The predicted octanol–water partition coefficient (Wildman–Crippen LogP) is 8.38. The summed E-state index contributed by atoms with van der Waals surface area (Å²) >= 11 is 0. The normalized spacial score (nSPS) is 12.4. The van der Waals surface area contributed by atoms with E-state index in [2.05, 4.69) is 11.9 Å². The van der Waals surface area contributed by atoms with Gasteiger partial charge in [0, 0.05) is 13.0 Å². The molecule has 0 spiro atoms. The van der Waals surface area contributed by atoms with Gasteiger partial charge < -0.3 is 4.57 Å². The fraction of sp³-hybridized carbons (Fsp3) is 0.594. The lowest BCUT2D eigenvalue weighted by molar-refractivity contribution is 0.467. The Labute approximate surface area is 252 Å². The molecule has 0 unspecified atom stereocenters. The number of fused-ring (bicyclic) bond motifs is 1. The van der Waals surface area contributed by atoms with Crippen molar-refractivity contribution in [2.75, 3.05) is 0 Å². The van der Waals surface area contributed by atoms with E-state index < -0.39 is 30.0 Å². The fourth-order valence-electron chi connectivity index (χ4n) is 5.61. The highest BCUT2D eigenvalue weighted by atomic mass is 32.2. The molecule has 2 N–H and O–H groups in total. The summed E-state index contributed by atoms with van der Waals surface area (Å²) in [7, 11) is -9.89. The summed E-state index contributed by atoms with van der Waals surface area (Å²) in [6.45, 7) is 2.66. The van der Waals surface area contributed by atoms with Crippen LogP contribution in [0.25, 0.3) is 11.0 Å². The maximum absolute atomic E-state index is 12.2. The van der Waals surface area contributed by atoms with Gasteiger partial charge in [-0.3, -0.25) is 9.11 Å².